The molecule has 1 aromatic carbocycles. The monoisotopic (exact) mass is 540 g/mol. The fourth-order valence-electron chi connectivity index (χ4n) is 4.30. The van der Waals surface area contributed by atoms with Crippen LogP contribution < -0.4 is 9.47 Å². The summed E-state index contributed by atoms with van der Waals surface area (Å²) in [6, 6.07) is 11.1. The number of nitrogens with zero attached hydrogens (tertiary/aromatic N) is 4. The van der Waals surface area contributed by atoms with E-state index in [9.17, 15) is 18.3 Å². The molecule has 1 N–H and O–H groups in total. The van der Waals surface area contributed by atoms with E-state index in [1.165, 1.54) is 30.6 Å². The van der Waals surface area contributed by atoms with Crippen molar-refractivity contribution in [2.75, 3.05) is 33.9 Å². The number of aliphatic hydroxyl groups excluding tert-OH is 1. The fraction of sp³-hybridized carbons (Fsp3) is 0.370. The lowest BCUT2D eigenvalue weighted by atomic mass is 9.99. The van der Waals surface area contributed by atoms with Crippen LogP contribution in [-0.2, 0) is 10.0 Å². The van der Waals surface area contributed by atoms with E-state index >= 15 is 0 Å². The predicted molar refractivity (Wildman–Crippen MR) is 141 cm³/mol. The molecule has 0 saturated carbocycles. The number of rotatable bonds is 8. The van der Waals surface area contributed by atoms with Gasteiger partial charge in [0.15, 0.2) is 0 Å². The molecule has 0 saturated heterocycles. The van der Waals surface area contributed by atoms with E-state index in [1.54, 1.807) is 48.6 Å². The Morgan fingerprint density at radius 2 is 1.87 bits per heavy atom. The number of aromatic nitrogens is 2. The largest absolute Gasteiger partial charge is 0.497 e. The van der Waals surface area contributed by atoms with Crippen LogP contribution in [0.3, 0.4) is 0 Å². The van der Waals surface area contributed by atoms with Crippen LogP contribution in [-0.4, -0.2) is 84.6 Å². The molecule has 11 heteroatoms. The number of sulfonamides is 1. The summed E-state index contributed by atoms with van der Waals surface area (Å²) in [6.07, 6.45) is 4.30. The normalized spacial score (nSPS) is 18.8. The van der Waals surface area contributed by atoms with Crippen molar-refractivity contribution in [3.8, 4) is 22.8 Å². The molecule has 0 unspecified atom stereocenters. The zero-order valence-electron chi connectivity index (χ0n) is 21.8. The number of ether oxygens (including phenoxy) is 2. The standard InChI is InChI=1S/C27H32N4O6S/c1-18-15-31(19(2)17-32)27(33)24-13-21(20-9-11-28-12-10-20)14-29-26(24)37-25(18)16-30(3)38(34,35)23-7-5-22(36-4)6-8-23/h5-14,18-19,25,32H,15-17H2,1-4H3/t18-,19-,25+/m0/s1. The lowest BCUT2D eigenvalue weighted by Gasteiger charge is -2.37. The number of fused-ring (bicyclic) bond motifs is 1. The molecule has 1 aliphatic rings. The van der Waals surface area contributed by atoms with Gasteiger partial charge in [0.05, 0.1) is 31.2 Å². The zero-order valence-corrected chi connectivity index (χ0v) is 22.6. The van der Waals surface area contributed by atoms with Gasteiger partial charge in [-0.05, 0) is 55.0 Å². The van der Waals surface area contributed by atoms with Crippen molar-refractivity contribution in [2.24, 2.45) is 5.92 Å². The van der Waals surface area contributed by atoms with Crippen molar-refractivity contribution < 1.29 is 27.8 Å². The maximum absolute atomic E-state index is 13.6. The summed E-state index contributed by atoms with van der Waals surface area (Å²) in [7, 11) is -0.813. The Kier molecular flexibility index (Phi) is 8.29. The van der Waals surface area contributed by atoms with Crippen molar-refractivity contribution in [1.29, 1.82) is 0 Å². The van der Waals surface area contributed by atoms with Gasteiger partial charge < -0.3 is 19.5 Å². The average Bonchev–Trinajstić information content (AvgIpc) is 2.94. The highest BCUT2D eigenvalue weighted by Crippen LogP contribution is 2.31. The first-order chi connectivity index (χ1) is 18.1. The molecule has 3 aromatic rings. The third-order valence-electron chi connectivity index (χ3n) is 6.74. The smallest absolute Gasteiger partial charge is 0.259 e. The molecule has 2 aromatic heterocycles. The number of pyridine rings is 2. The molecular weight excluding hydrogens is 508 g/mol. The molecule has 1 amide bonds. The van der Waals surface area contributed by atoms with Gasteiger partial charge in [-0.15, -0.1) is 0 Å². The van der Waals surface area contributed by atoms with Crippen LogP contribution in [0.25, 0.3) is 11.1 Å². The second-order valence-corrected chi connectivity index (χ2v) is 11.4. The SMILES string of the molecule is COc1ccc(S(=O)(=O)N(C)C[C@H]2Oc3ncc(-c4ccncc4)cc3C(=O)N([C@@H](C)CO)C[C@@H]2C)cc1. The van der Waals surface area contributed by atoms with E-state index in [1.807, 2.05) is 19.1 Å². The number of amides is 1. The van der Waals surface area contributed by atoms with Gasteiger partial charge in [0.1, 0.15) is 17.4 Å². The van der Waals surface area contributed by atoms with Gasteiger partial charge >= 0.3 is 0 Å². The summed E-state index contributed by atoms with van der Waals surface area (Å²) in [5.74, 6) is 0.0978. The van der Waals surface area contributed by atoms with Gasteiger partial charge in [0, 0.05) is 43.7 Å². The minimum absolute atomic E-state index is 0.0261. The van der Waals surface area contributed by atoms with Crippen LogP contribution in [0.15, 0.2) is 66.0 Å². The van der Waals surface area contributed by atoms with E-state index in [0.29, 0.717) is 11.3 Å². The predicted octanol–water partition coefficient (Wildman–Crippen LogP) is 2.69. The number of carbonyl (C=O) groups is 1. The highest BCUT2D eigenvalue weighted by Gasteiger charge is 2.36. The zero-order chi connectivity index (χ0) is 27.4. The summed E-state index contributed by atoms with van der Waals surface area (Å²) in [6.45, 7) is 3.72. The molecule has 0 fully saturated rings. The van der Waals surface area contributed by atoms with Crippen LogP contribution in [0.1, 0.15) is 24.2 Å². The first kappa shape index (κ1) is 27.5. The van der Waals surface area contributed by atoms with Gasteiger partial charge in [-0.25, -0.2) is 13.4 Å². The Morgan fingerprint density at radius 3 is 2.50 bits per heavy atom. The van der Waals surface area contributed by atoms with E-state index in [2.05, 4.69) is 9.97 Å². The van der Waals surface area contributed by atoms with Crippen molar-refractivity contribution in [1.82, 2.24) is 19.2 Å². The molecular formula is C27H32N4O6S. The Balaban J connectivity index is 1.68. The fourth-order valence-corrected chi connectivity index (χ4v) is 5.48. The quantitative estimate of drug-likeness (QED) is 0.463. The molecule has 4 rings (SSSR count). The number of aliphatic hydroxyl groups is 1. The van der Waals surface area contributed by atoms with E-state index in [-0.39, 0.29) is 47.9 Å². The van der Waals surface area contributed by atoms with Gasteiger partial charge in [0.25, 0.3) is 5.91 Å². The highest BCUT2D eigenvalue weighted by molar-refractivity contribution is 7.89. The van der Waals surface area contributed by atoms with E-state index in [4.69, 9.17) is 9.47 Å². The second-order valence-electron chi connectivity index (χ2n) is 9.40. The number of carbonyl (C=O) groups excluding carboxylic acids is 1. The summed E-state index contributed by atoms with van der Waals surface area (Å²) in [5, 5.41) is 9.87. The van der Waals surface area contributed by atoms with Crippen molar-refractivity contribution in [3.63, 3.8) is 0 Å². The average molecular weight is 541 g/mol. The first-order valence-electron chi connectivity index (χ1n) is 12.2. The Bertz CT molecular complexity index is 1370. The van der Waals surface area contributed by atoms with Crippen LogP contribution in [0, 0.1) is 5.92 Å². The topological polar surface area (TPSA) is 122 Å². The maximum atomic E-state index is 13.6. The van der Waals surface area contributed by atoms with E-state index < -0.39 is 22.2 Å². The summed E-state index contributed by atoms with van der Waals surface area (Å²) in [4.78, 5) is 23.8. The van der Waals surface area contributed by atoms with Crippen molar-refractivity contribution >= 4 is 15.9 Å². The molecule has 0 spiro atoms. The highest BCUT2D eigenvalue weighted by atomic mass is 32.2. The second kappa shape index (κ2) is 11.5. The lowest BCUT2D eigenvalue weighted by Crippen LogP contribution is -2.50. The van der Waals surface area contributed by atoms with Crippen molar-refractivity contribution in [2.45, 2.75) is 30.9 Å². The number of hydrogen-bond donors (Lipinski definition) is 1. The maximum Gasteiger partial charge on any atom is 0.259 e. The molecule has 3 atom stereocenters. The van der Waals surface area contributed by atoms with Crippen LogP contribution in [0.2, 0.25) is 0 Å². The Morgan fingerprint density at radius 1 is 1.18 bits per heavy atom. The lowest BCUT2D eigenvalue weighted by molar-refractivity contribution is 0.0373. The molecule has 10 nitrogen and oxygen atoms in total. The van der Waals surface area contributed by atoms with Gasteiger partial charge in [0.2, 0.25) is 15.9 Å². The Hall–Kier alpha value is -3.54. The van der Waals surface area contributed by atoms with Gasteiger partial charge in [-0.2, -0.15) is 4.31 Å². The minimum Gasteiger partial charge on any atom is -0.497 e. The van der Waals surface area contributed by atoms with Crippen LogP contribution in [0.4, 0.5) is 0 Å². The molecule has 202 valence electrons. The number of methoxy groups -OCH3 is 1. The summed E-state index contributed by atoms with van der Waals surface area (Å²) >= 11 is 0. The minimum atomic E-state index is -3.82. The summed E-state index contributed by atoms with van der Waals surface area (Å²) < 4.78 is 39.2. The molecule has 1 aliphatic heterocycles. The number of likely N-dealkylation sites (N-methyl/N-ethyl adjacent to an activating group) is 1. The third kappa shape index (κ3) is 5.64. The molecule has 3 heterocycles. The molecule has 0 bridgehead atoms. The summed E-state index contributed by atoms with van der Waals surface area (Å²) in [5.41, 5.74) is 1.79. The van der Waals surface area contributed by atoms with Crippen molar-refractivity contribution in [3.05, 3.63) is 66.6 Å². The van der Waals surface area contributed by atoms with Crippen LogP contribution in [0.5, 0.6) is 11.6 Å². The third-order valence-corrected chi connectivity index (χ3v) is 8.58. The van der Waals surface area contributed by atoms with Crippen LogP contribution >= 0.6 is 0 Å². The van der Waals surface area contributed by atoms with E-state index in [0.717, 1.165) is 5.56 Å². The number of hydrogen-bond acceptors (Lipinski definition) is 8. The first-order valence-corrected chi connectivity index (χ1v) is 13.7. The molecule has 0 aliphatic carbocycles. The van der Waals surface area contributed by atoms with Gasteiger partial charge in [-0.1, -0.05) is 6.92 Å². The van der Waals surface area contributed by atoms with Gasteiger partial charge in [-0.3, -0.25) is 9.78 Å². The number of benzene rings is 1. The molecule has 38 heavy (non-hydrogen) atoms. The Labute approximate surface area is 222 Å². The molecule has 0 radical (unpaired) electrons.